The molecule has 6 heteroatoms. The van der Waals surface area contributed by atoms with Crippen LogP contribution in [0.25, 0.3) is 11.1 Å². The number of rotatable bonds is 10. The van der Waals surface area contributed by atoms with Gasteiger partial charge < -0.3 is 15.3 Å². The molecule has 4 rings (SSSR count). The summed E-state index contributed by atoms with van der Waals surface area (Å²) in [7, 11) is 0. The lowest BCUT2D eigenvalue weighted by molar-refractivity contribution is -0.137. The van der Waals surface area contributed by atoms with Crippen LogP contribution in [-0.4, -0.2) is 34.3 Å². The van der Waals surface area contributed by atoms with Crippen molar-refractivity contribution in [3.8, 4) is 11.1 Å². The molecule has 0 heterocycles. The number of benzene rings is 4. The fourth-order valence-corrected chi connectivity index (χ4v) is 4.26. The first-order valence-electron chi connectivity index (χ1n) is 12.5. The summed E-state index contributed by atoms with van der Waals surface area (Å²) >= 11 is 0. The van der Waals surface area contributed by atoms with Gasteiger partial charge in [-0.15, -0.1) is 0 Å². The van der Waals surface area contributed by atoms with Gasteiger partial charge in [0.15, 0.2) is 0 Å². The highest BCUT2D eigenvalue weighted by molar-refractivity contribution is 6.06. The molecular formula is C32H30N2O4. The molecule has 0 atom stereocenters. The third-order valence-corrected chi connectivity index (χ3v) is 6.29. The number of aryl methyl sites for hydroxylation is 1. The molecule has 0 fully saturated rings. The molecule has 0 unspecified atom stereocenters. The number of aliphatic carboxylic acids is 1. The number of carbonyl (C=O) groups excluding carboxylic acids is 2. The van der Waals surface area contributed by atoms with Crippen LogP contribution in [-0.2, 0) is 17.9 Å². The lowest BCUT2D eigenvalue weighted by Gasteiger charge is -2.24. The Kier molecular flexibility index (Phi) is 8.67. The molecular weight excluding hydrogens is 476 g/mol. The van der Waals surface area contributed by atoms with Crippen molar-refractivity contribution < 1.29 is 19.5 Å². The predicted octanol–water partition coefficient (Wildman–Crippen LogP) is 5.71. The summed E-state index contributed by atoms with van der Waals surface area (Å²) in [5, 5.41) is 12.3. The van der Waals surface area contributed by atoms with Gasteiger partial charge in [-0.2, -0.15) is 0 Å². The minimum absolute atomic E-state index is 0.0656. The van der Waals surface area contributed by atoms with Crippen molar-refractivity contribution in [2.45, 2.75) is 26.4 Å². The second kappa shape index (κ2) is 12.5. The maximum absolute atomic E-state index is 13.8. The normalized spacial score (nSPS) is 10.6. The quantitative estimate of drug-likeness (QED) is 0.289. The number of hydrogen-bond acceptors (Lipinski definition) is 3. The van der Waals surface area contributed by atoms with Crippen LogP contribution in [0.5, 0.6) is 0 Å². The van der Waals surface area contributed by atoms with E-state index in [1.807, 2.05) is 85.8 Å². The fourth-order valence-electron chi connectivity index (χ4n) is 4.26. The average Bonchev–Trinajstić information content (AvgIpc) is 2.95. The summed E-state index contributed by atoms with van der Waals surface area (Å²) in [5.41, 5.74) is 5.17. The molecule has 4 aromatic rings. The van der Waals surface area contributed by atoms with E-state index in [1.165, 1.54) is 0 Å². The van der Waals surface area contributed by atoms with Crippen molar-refractivity contribution in [1.29, 1.82) is 0 Å². The molecule has 0 bridgehead atoms. The van der Waals surface area contributed by atoms with Crippen LogP contribution in [0.2, 0.25) is 0 Å². The van der Waals surface area contributed by atoms with E-state index in [0.29, 0.717) is 28.8 Å². The van der Waals surface area contributed by atoms with Crippen molar-refractivity contribution in [3.63, 3.8) is 0 Å². The second-order valence-electron chi connectivity index (χ2n) is 9.12. The van der Waals surface area contributed by atoms with Crippen LogP contribution in [0.4, 0.5) is 0 Å². The first kappa shape index (κ1) is 26.4. The van der Waals surface area contributed by atoms with Gasteiger partial charge in [0.2, 0.25) is 0 Å². The zero-order valence-electron chi connectivity index (χ0n) is 21.3. The Labute approximate surface area is 222 Å². The van der Waals surface area contributed by atoms with Crippen molar-refractivity contribution in [2.24, 2.45) is 0 Å². The molecule has 0 aromatic heterocycles. The third kappa shape index (κ3) is 6.73. The van der Waals surface area contributed by atoms with Crippen LogP contribution < -0.4 is 5.32 Å². The third-order valence-electron chi connectivity index (χ3n) is 6.29. The Morgan fingerprint density at radius 2 is 1.29 bits per heavy atom. The van der Waals surface area contributed by atoms with Gasteiger partial charge in [0.1, 0.15) is 0 Å². The number of amides is 2. The van der Waals surface area contributed by atoms with E-state index in [1.54, 1.807) is 29.2 Å². The second-order valence-corrected chi connectivity index (χ2v) is 9.12. The first-order chi connectivity index (χ1) is 18.4. The van der Waals surface area contributed by atoms with Crippen LogP contribution in [0.3, 0.4) is 0 Å². The Morgan fingerprint density at radius 3 is 1.95 bits per heavy atom. The number of hydrogen-bond donors (Lipinski definition) is 2. The Hall–Kier alpha value is -4.71. The van der Waals surface area contributed by atoms with Gasteiger partial charge in [0.05, 0.1) is 6.42 Å². The first-order valence-corrected chi connectivity index (χ1v) is 12.5. The number of carboxylic acids is 1. The number of carboxylic acid groups (broad SMARTS) is 1. The average molecular weight is 507 g/mol. The standard InChI is InChI=1S/C32H30N2O4/c1-23-15-17-24(18-16-23)21-33-31(37)28-13-7-5-11-26(28)27-12-6-8-14-29(27)32(38)34(20-19-30(35)36)22-25-9-3-2-4-10-25/h2-18H,19-22H2,1H3,(H,33,37)(H,35,36). The number of carbonyl (C=O) groups is 3. The smallest absolute Gasteiger partial charge is 0.305 e. The van der Waals surface area contributed by atoms with Crippen LogP contribution in [0.15, 0.2) is 103 Å². The zero-order valence-corrected chi connectivity index (χ0v) is 21.3. The molecule has 0 saturated carbocycles. The minimum Gasteiger partial charge on any atom is -0.481 e. The maximum atomic E-state index is 13.8. The highest BCUT2D eigenvalue weighted by Crippen LogP contribution is 2.29. The molecule has 6 nitrogen and oxygen atoms in total. The molecule has 0 aliphatic carbocycles. The topological polar surface area (TPSA) is 86.7 Å². The van der Waals surface area contributed by atoms with Gasteiger partial charge in [0.25, 0.3) is 11.8 Å². The van der Waals surface area contributed by atoms with Gasteiger partial charge in [-0.05, 0) is 41.3 Å². The van der Waals surface area contributed by atoms with Crippen LogP contribution in [0, 0.1) is 6.92 Å². The summed E-state index contributed by atoms with van der Waals surface area (Å²) in [5.74, 6) is -1.50. The zero-order chi connectivity index (χ0) is 26.9. The van der Waals surface area contributed by atoms with Gasteiger partial charge >= 0.3 is 5.97 Å². The van der Waals surface area contributed by atoms with Gasteiger partial charge in [0, 0.05) is 30.8 Å². The Balaban J connectivity index is 1.63. The van der Waals surface area contributed by atoms with E-state index in [2.05, 4.69) is 5.32 Å². The molecule has 0 radical (unpaired) electrons. The van der Waals surface area contributed by atoms with Crippen molar-refractivity contribution in [2.75, 3.05) is 6.54 Å². The Morgan fingerprint density at radius 1 is 0.711 bits per heavy atom. The Bertz CT molecular complexity index is 1420. The van der Waals surface area contributed by atoms with E-state index in [0.717, 1.165) is 16.7 Å². The molecule has 0 aliphatic rings. The van der Waals surface area contributed by atoms with E-state index < -0.39 is 5.97 Å². The van der Waals surface area contributed by atoms with E-state index in [9.17, 15) is 19.5 Å². The van der Waals surface area contributed by atoms with Crippen LogP contribution in [0.1, 0.15) is 43.8 Å². The summed E-state index contributed by atoms with van der Waals surface area (Å²) in [4.78, 5) is 39.9. The molecule has 0 aliphatic heterocycles. The monoisotopic (exact) mass is 506 g/mol. The lowest BCUT2D eigenvalue weighted by Crippen LogP contribution is -2.33. The van der Waals surface area contributed by atoms with Crippen molar-refractivity contribution in [1.82, 2.24) is 10.2 Å². The van der Waals surface area contributed by atoms with Crippen LogP contribution >= 0.6 is 0 Å². The molecule has 192 valence electrons. The number of nitrogens with zero attached hydrogens (tertiary/aromatic N) is 1. The SMILES string of the molecule is Cc1ccc(CNC(=O)c2ccccc2-c2ccccc2C(=O)N(CCC(=O)O)Cc2ccccc2)cc1. The summed E-state index contributed by atoms with van der Waals surface area (Å²) < 4.78 is 0. The highest BCUT2D eigenvalue weighted by atomic mass is 16.4. The van der Waals surface area contributed by atoms with Gasteiger partial charge in [-0.25, -0.2) is 0 Å². The van der Waals surface area contributed by atoms with Crippen molar-refractivity contribution in [3.05, 3.63) is 131 Å². The van der Waals surface area contributed by atoms with E-state index in [-0.39, 0.29) is 31.3 Å². The molecule has 38 heavy (non-hydrogen) atoms. The predicted molar refractivity (Wildman–Crippen MR) is 148 cm³/mol. The minimum atomic E-state index is -0.972. The molecule has 0 spiro atoms. The largest absolute Gasteiger partial charge is 0.481 e. The lowest BCUT2D eigenvalue weighted by atomic mass is 9.94. The molecule has 2 amide bonds. The van der Waals surface area contributed by atoms with Crippen molar-refractivity contribution >= 4 is 17.8 Å². The van der Waals surface area contributed by atoms with Gasteiger partial charge in [-0.3, -0.25) is 14.4 Å². The number of nitrogens with one attached hydrogen (secondary N) is 1. The maximum Gasteiger partial charge on any atom is 0.305 e. The molecule has 2 N–H and O–H groups in total. The van der Waals surface area contributed by atoms with E-state index >= 15 is 0 Å². The summed E-state index contributed by atoms with van der Waals surface area (Å²) in [6, 6.07) is 31.8. The fraction of sp³-hybridized carbons (Fsp3) is 0.156. The van der Waals surface area contributed by atoms with E-state index in [4.69, 9.17) is 0 Å². The van der Waals surface area contributed by atoms with Gasteiger partial charge in [-0.1, -0.05) is 96.6 Å². The summed E-state index contributed by atoms with van der Waals surface area (Å²) in [6.07, 6.45) is -0.168. The summed E-state index contributed by atoms with van der Waals surface area (Å²) in [6.45, 7) is 2.74. The highest BCUT2D eigenvalue weighted by Gasteiger charge is 2.22. The molecule has 0 saturated heterocycles. The molecule has 4 aromatic carbocycles.